The first-order chi connectivity index (χ1) is 12.3. The van der Waals surface area contributed by atoms with Crippen LogP contribution in [0.1, 0.15) is 44.1 Å². The molecule has 1 saturated carbocycles. The number of rotatable bonds is 6. The summed E-state index contributed by atoms with van der Waals surface area (Å²) in [4.78, 5) is 4.31. The molecule has 2 aliphatic carbocycles. The van der Waals surface area contributed by atoms with Gasteiger partial charge in [0.25, 0.3) is 0 Å². The van der Waals surface area contributed by atoms with E-state index in [4.69, 9.17) is 9.47 Å². The number of aliphatic imine (C=N–C) groups is 1. The van der Waals surface area contributed by atoms with Crippen LogP contribution in [-0.2, 0) is 6.54 Å². The van der Waals surface area contributed by atoms with Crippen LogP contribution in [0.25, 0.3) is 0 Å². The third kappa shape index (κ3) is 5.79. The van der Waals surface area contributed by atoms with Gasteiger partial charge in [-0.25, -0.2) is 0 Å². The predicted molar refractivity (Wildman–Crippen MR) is 117 cm³/mol. The molecule has 0 unspecified atom stereocenters. The molecule has 0 aliphatic heterocycles. The Morgan fingerprint density at radius 2 is 1.88 bits per heavy atom. The summed E-state index contributed by atoms with van der Waals surface area (Å²) in [5, 5.41) is 6.82. The Labute approximate surface area is 173 Å². The van der Waals surface area contributed by atoms with E-state index in [1.54, 1.807) is 14.2 Å². The van der Waals surface area contributed by atoms with Gasteiger partial charge in [-0.1, -0.05) is 18.2 Å². The first-order valence-corrected chi connectivity index (χ1v) is 9.24. The minimum Gasteiger partial charge on any atom is -0.493 e. The molecule has 2 aliphatic rings. The SMILES string of the molecule is CN=C(NCc1ccc(OC2CCCC2)c(OC)c1)NC1CC=CC1.I. The van der Waals surface area contributed by atoms with Gasteiger partial charge in [0.15, 0.2) is 17.5 Å². The lowest BCUT2D eigenvalue weighted by atomic mass is 10.2. The normalized spacial score (nSPS) is 17.8. The number of halogens is 1. The molecule has 0 aromatic heterocycles. The fourth-order valence-electron chi connectivity index (χ4n) is 3.41. The van der Waals surface area contributed by atoms with E-state index < -0.39 is 0 Å². The van der Waals surface area contributed by atoms with Gasteiger partial charge in [0.05, 0.1) is 13.2 Å². The quantitative estimate of drug-likeness (QED) is 0.285. The fraction of sp³-hybridized carbons (Fsp3) is 0.550. The lowest BCUT2D eigenvalue weighted by molar-refractivity contribution is 0.200. The molecule has 26 heavy (non-hydrogen) atoms. The van der Waals surface area contributed by atoms with Crippen LogP contribution in [0.4, 0.5) is 0 Å². The highest BCUT2D eigenvalue weighted by Crippen LogP contribution is 2.32. The van der Waals surface area contributed by atoms with Crippen LogP contribution in [0.15, 0.2) is 35.3 Å². The number of hydrogen-bond acceptors (Lipinski definition) is 3. The van der Waals surface area contributed by atoms with Crippen LogP contribution in [-0.4, -0.2) is 32.3 Å². The highest BCUT2D eigenvalue weighted by atomic mass is 127. The van der Waals surface area contributed by atoms with Crippen LogP contribution in [0, 0.1) is 0 Å². The first-order valence-electron chi connectivity index (χ1n) is 9.24. The Kier molecular flexibility index (Phi) is 8.54. The Bertz CT molecular complexity index is 619. The van der Waals surface area contributed by atoms with Gasteiger partial charge in [0.1, 0.15) is 0 Å². The summed E-state index contributed by atoms with van der Waals surface area (Å²) in [7, 11) is 3.50. The molecule has 144 valence electrons. The second-order valence-electron chi connectivity index (χ2n) is 6.72. The molecule has 0 saturated heterocycles. The average molecular weight is 471 g/mol. The second kappa shape index (κ2) is 10.6. The van der Waals surface area contributed by atoms with Crippen molar-refractivity contribution in [2.24, 2.45) is 4.99 Å². The van der Waals surface area contributed by atoms with Gasteiger partial charge in [0.2, 0.25) is 0 Å². The predicted octanol–water partition coefficient (Wildman–Crippen LogP) is 4.02. The number of guanidine groups is 1. The van der Waals surface area contributed by atoms with Gasteiger partial charge < -0.3 is 20.1 Å². The number of benzene rings is 1. The van der Waals surface area contributed by atoms with E-state index >= 15 is 0 Å². The Hall–Kier alpha value is -1.44. The molecular weight excluding hydrogens is 441 g/mol. The van der Waals surface area contributed by atoms with Crippen molar-refractivity contribution in [3.05, 3.63) is 35.9 Å². The van der Waals surface area contributed by atoms with E-state index in [1.165, 1.54) is 12.8 Å². The zero-order valence-corrected chi connectivity index (χ0v) is 18.0. The zero-order valence-electron chi connectivity index (χ0n) is 15.7. The maximum atomic E-state index is 6.10. The summed E-state index contributed by atoms with van der Waals surface area (Å²) in [5.74, 6) is 2.48. The van der Waals surface area contributed by atoms with Gasteiger partial charge in [-0.05, 0) is 56.2 Å². The minimum atomic E-state index is 0. The summed E-state index contributed by atoms with van der Waals surface area (Å²) < 4.78 is 11.6. The number of ether oxygens (including phenoxy) is 2. The van der Waals surface area contributed by atoms with Gasteiger partial charge in [-0.2, -0.15) is 0 Å². The molecule has 1 fully saturated rings. The zero-order chi connectivity index (χ0) is 17.5. The second-order valence-corrected chi connectivity index (χ2v) is 6.72. The van der Waals surface area contributed by atoms with Crippen molar-refractivity contribution in [1.29, 1.82) is 0 Å². The number of hydrogen-bond donors (Lipinski definition) is 2. The molecule has 6 heteroatoms. The summed E-state index contributed by atoms with van der Waals surface area (Å²) in [6.45, 7) is 0.694. The van der Waals surface area contributed by atoms with Gasteiger partial charge >= 0.3 is 0 Å². The Balaban J connectivity index is 0.00000243. The third-order valence-electron chi connectivity index (χ3n) is 4.86. The number of nitrogens with zero attached hydrogens (tertiary/aromatic N) is 1. The Morgan fingerprint density at radius 3 is 2.54 bits per heavy atom. The van der Waals surface area contributed by atoms with Crippen molar-refractivity contribution in [3.63, 3.8) is 0 Å². The standard InChI is InChI=1S/C20H29N3O2.HI/c1-21-20(23-16-7-3-4-8-16)22-14-15-11-12-18(19(13-15)24-2)25-17-9-5-6-10-17;/h3-4,11-13,16-17H,5-10,14H2,1-2H3,(H2,21,22,23);1H. The molecule has 0 atom stereocenters. The molecule has 2 N–H and O–H groups in total. The summed E-state index contributed by atoms with van der Waals surface area (Å²) in [6, 6.07) is 6.60. The number of methoxy groups -OCH3 is 1. The summed E-state index contributed by atoms with van der Waals surface area (Å²) in [5.41, 5.74) is 1.14. The van der Waals surface area contributed by atoms with E-state index in [1.807, 2.05) is 12.1 Å². The molecule has 0 bridgehead atoms. The smallest absolute Gasteiger partial charge is 0.191 e. The molecule has 5 nitrogen and oxygen atoms in total. The third-order valence-corrected chi connectivity index (χ3v) is 4.86. The monoisotopic (exact) mass is 471 g/mol. The lowest BCUT2D eigenvalue weighted by Gasteiger charge is -2.18. The van der Waals surface area contributed by atoms with Crippen LogP contribution >= 0.6 is 24.0 Å². The van der Waals surface area contributed by atoms with Crippen LogP contribution in [0.2, 0.25) is 0 Å². The van der Waals surface area contributed by atoms with Crippen molar-refractivity contribution in [2.75, 3.05) is 14.2 Å². The largest absolute Gasteiger partial charge is 0.493 e. The summed E-state index contributed by atoms with van der Waals surface area (Å²) in [6.07, 6.45) is 11.7. The number of nitrogens with one attached hydrogen (secondary N) is 2. The maximum absolute atomic E-state index is 6.10. The Morgan fingerprint density at radius 1 is 1.15 bits per heavy atom. The van der Waals surface area contributed by atoms with Crippen molar-refractivity contribution in [1.82, 2.24) is 10.6 Å². The van der Waals surface area contributed by atoms with Crippen molar-refractivity contribution in [3.8, 4) is 11.5 Å². The average Bonchev–Trinajstić information content (AvgIpc) is 3.33. The van der Waals surface area contributed by atoms with Crippen molar-refractivity contribution >= 4 is 29.9 Å². The molecule has 1 aromatic carbocycles. The summed E-state index contributed by atoms with van der Waals surface area (Å²) >= 11 is 0. The molecule has 0 heterocycles. The molecule has 0 radical (unpaired) electrons. The highest BCUT2D eigenvalue weighted by Gasteiger charge is 2.18. The van der Waals surface area contributed by atoms with Crippen LogP contribution in [0.3, 0.4) is 0 Å². The maximum Gasteiger partial charge on any atom is 0.191 e. The van der Waals surface area contributed by atoms with E-state index in [0.29, 0.717) is 18.7 Å². The molecule has 0 amide bonds. The van der Waals surface area contributed by atoms with Crippen LogP contribution in [0.5, 0.6) is 11.5 Å². The lowest BCUT2D eigenvalue weighted by Crippen LogP contribution is -2.42. The van der Waals surface area contributed by atoms with E-state index in [9.17, 15) is 0 Å². The van der Waals surface area contributed by atoms with E-state index in [-0.39, 0.29) is 24.0 Å². The topological polar surface area (TPSA) is 54.9 Å². The fourth-order valence-corrected chi connectivity index (χ4v) is 3.41. The first kappa shape index (κ1) is 20.9. The highest BCUT2D eigenvalue weighted by molar-refractivity contribution is 14.0. The molecule has 1 aromatic rings. The molecule has 3 rings (SSSR count). The van der Waals surface area contributed by atoms with Crippen molar-refractivity contribution < 1.29 is 9.47 Å². The van der Waals surface area contributed by atoms with Gasteiger partial charge in [-0.3, -0.25) is 4.99 Å². The van der Waals surface area contributed by atoms with Gasteiger partial charge in [-0.15, -0.1) is 24.0 Å². The molecular formula is C20H30IN3O2. The molecule has 0 spiro atoms. The minimum absolute atomic E-state index is 0. The van der Waals surface area contributed by atoms with Crippen molar-refractivity contribution in [2.45, 2.75) is 57.2 Å². The van der Waals surface area contributed by atoms with Gasteiger partial charge in [0, 0.05) is 19.6 Å². The van der Waals surface area contributed by atoms with E-state index in [2.05, 4.69) is 33.8 Å². The van der Waals surface area contributed by atoms with E-state index in [0.717, 1.165) is 48.7 Å². The van der Waals surface area contributed by atoms with Crippen LogP contribution < -0.4 is 20.1 Å².